The fourth-order valence-electron chi connectivity index (χ4n) is 3.40. The molecule has 1 saturated heterocycles. The van der Waals surface area contributed by atoms with E-state index in [2.05, 4.69) is 29.1 Å². The Morgan fingerprint density at radius 2 is 1.92 bits per heavy atom. The largest absolute Gasteiger partial charge is 0.383 e. The molecule has 1 aliphatic carbocycles. The van der Waals surface area contributed by atoms with Crippen LogP contribution in [0.4, 0.5) is 0 Å². The minimum Gasteiger partial charge on any atom is -0.383 e. The molecule has 0 aromatic carbocycles. The number of ether oxygens (including phenoxy) is 2. The third-order valence-corrected chi connectivity index (χ3v) is 5.20. The normalized spacial score (nSPS) is 19.4. The highest BCUT2D eigenvalue weighted by atomic mass is 16.5. The lowest BCUT2D eigenvalue weighted by Crippen LogP contribution is -2.41. The van der Waals surface area contributed by atoms with E-state index in [0.717, 1.165) is 70.5 Å². The second-order valence-electron chi connectivity index (χ2n) is 7.26. The standard InChI is InChI=1S/C19H38N4O2/c1-4-20-19(22(2)11-7-17-8-14-25-15-9-17)21-10-12-23(13-16-24-3)18-5-6-18/h17-18H,4-16H2,1-3H3,(H,20,21). The molecule has 6 heteroatoms. The van der Waals surface area contributed by atoms with Crippen LogP contribution >= 0.6 is 0 Å². The monoisotopic (exact) mass is 354 g/mol. The molecular formula is C19H38N4O2. The Kier molecular flexibility index (Phi) is 9.58. The highest BCUT2D eigenvalue weighted by molar-refractivity contribution is 5.79. The molecule has 25 heavy (non-hydrogen) atoms. The zero-order valence-corrected chi connectivity index (χ0v) is 16.5. The third-order valence-electron chi connectivity index (χ3n) is 5.20. The summed E-state index contributed by atoms with van der Waals surface area (Å²) in [5.41, 5.74) is 0. The van der Waals surface area contributed by atoms with Crippen LogP contribution in [0.2, 0.25) is 0 Å². The maximum atomic E-state index is 5.46. The summed E-state index contributed by atoms with van der Waals surface area (Å²) in [5.74, 6) is 1.84. The average molecular weight is 355 g/mol. The van der Waals surface area contributed by atoms with Crippen LogP contribution in [0.15, 0.2) is 4.99 Å². The maximum absolute atomic E-state index is 5.46. The van der Waals surface area contributed by atoms with Crippen molar-refractivity contribution in [2.75, 3.05) is 66.7 Å². The summed E-state index contributed by atoms with van der Waals surface area (Å²) in [7, 11) is 3.93. The van der Waals surface area contributed by atoms with Gasteiger partial charge < -0.3 is 19.7 Å². The van der Waals surface area contributed by atoms with Crippen LogP contribution in [0.25, 0.3) is 0 Å². The number of nitrogens with zero attached hydrogens (tertiary/aromatic N) is 3. The lowest BCUT2D eigenvalue weighted by atomic mass is 9.96. The fourth-order valence-corrected chi connectivity index (χ4v) is 3.40. The van der Waals surface area contributed by atoms with Gasteiger partial charge in [-0.1, -0.05) is 0 Å². The fraction of sp³-hybridized carbons (Fsp3) is 0.947. The molecule has 2 fully saturated rings. The smallest absolute Gasteiger partial charge is 0.193 e. The first kappa shape index (κ1) is 20.5. The van der Waals surface area contributed by atoms with Gasteiger partial charge in [0.2, 0.25) is 0 Å². The number of nitrogens with one attached hydrogen (secondary N) is 1. The first-order valence-corrected chi connectivity index (χ1v) is 10.0. The number of aliphatic imine (C=N–C) groups is 1. The van der Waals surface area contributed by atoms with Crippen LogP contribution in [0, 0.1) is 5.92 Å². The van der Waals surface area contributed by atoms with Crippen LogP contribution in [-0.4, -0.2) is 88.5 Å². The summed E-state index contributed by atoms with van der Waals surface area (Å²) in [5, 5.41) is 3.44. The van der Waals surface area contributed by atoms with E-state index in [4.69, 9.17) is 14.5 Å². The number of hydrogen-bond acceptors (Lipinski definition) is 4. The topological polar surface area (TPSA) is 49.3 Å². The van der Waals surface area contributed by atoms with Crippen LogP contribution in [0.3, 0.4) is 0 Å². The molecule has 1 heterocycles. The average Bonchev–Trinajstić information content (AvgIpc) is 3.47. The highest BCUT2D eigenvalue weighted by Gasteiger charge is 2.28. The summed E-state index contributed by atoms with van der Waals surface area (Å²) in [6.45, 7) is 9.68. The minimum atomic E-state index is 0.763. The van der Waals surface area contributed by atoms with Crippen LogP contribution in [0.1, 0.15) is 39.0 Å². The predicted molar refractivity (Wildman–Crippen MR) is 103 cm³/mol. The molecule has 6 nitrogen and oxygen atoms in total. The van der Waals surface area contributed by atoms with E-state index < -0.39 is 0 Å². The molecule has 0 aromatic heterocycles. The van der Waals surface area contributed by atoms with E-state index in [-0.39, 0.29) is 0 Å². The van der Waals surface area contributed by atoms with Gasteiger partial charge in [-0.3, -0.25) is 9.89 Å². The van der Waals surface area contributed by atoms with Gasteiger partial charge in [0, 0.05) is 59.6 Å². The summed E-state index contributed by atoms with van der Waals surface area (Å²) >= 11 is 0. The van der Waals surface area contributed by atoms with Crippen molar-refractivity contribution in [3.05, 3.63) is 0 Å². The van der Waals surface area contributed by atoms with Gasteiger partial charge in [-0.2, -0.15) is 0 Å². The first-order valence-electron chi connectivity index (χ1n) is 10.0. The quantitative estimate of drug-likeness (QED) is 0.453. The Labute approximate surface area is 153 Å². The Hall–Kier alpha value is -0.850. The molecule has 146 valence electrons. The number of rotatable bonds is 11. The predicted octanol–water partition coefficient (Wildman–Crippen LogP) is 1.81. The molecule has 0 atom stereocenters. The van der Waals surface area contributed by atoms with Gasteiger partial charge in [0.25, 0.3) is 0 Å². The first-order chi connectivity index (χ1) is 12.2. The Morgan fingerprint density at radius 3 is 2.56 bits per heavy atom. The number of methoxy groups -OCH3 is 1. The third kappa shape index (κ3) is 7.92. The van der Waals surface area contributed by atoms with Crippen molar-refractivity contribution < 1.29 is 9.47 Å². The van der Waals surface area contributed by atoms with Crippen molar-refractivity contribution in [1.82, 2.24) is 15.1 Å². The van der Waals surface area contributed by atoms with Crippen molar-refractivity contribution in [2.45, 2.75) is 45.1 Å². The Balaban J connectivity index is 1.75. The Morgan fingerprint density at radius 1 is 1.16 bits per heavy atom. The van der Waals surface area contributed by atoms with Crippen molar-refractivity contribution >= 4 is 5.96 Å². The molecule has 2 rings (SSSR count). The van der Waals surface area contributed by atoms with Gasteiger partial charge in [-0.15, -0.1) is 0 Å². The van der Waals surface area contributed by atoms with Crippen LogP contribution in [-0.2, 0) is 9.47 Å². The van der Waals surface area contributed by atoms with Gasteiger partial charge in [-0.05, 0) is 44.9 Å². The summed E-state index contributed by atoms with van der Waals surface area (Å²) in [6, 6.07) is 0.763. The molecule has 1 saturated carbocycles. The lowest BCUT2D eigenvalue weighted by Gasteiger charge is -2.27. The highest BCUT2D eigenvalue weighted by Crippen LogP contribution is 2.26. The number of guanidine groups is 1. The molecule has 1 aliphatic heterocycles. The minimum absolute atomic E-state index is 0.763. The second-order valence-corrected chi connectivity index (χ2v) is 7.26. The van der Waals surface area contributed by atoms with E-state index in [1.165, 1.54) is 32.1 Å². The van der Waals surface area contributed by atoms with Crippen molar-refractivity contribution in [3.63, 3.8) is 0 Å². The van der Waals surface area contributed by atoms with Crippen LogP contribution in [0.5, 0.6) is 0 Å². The molecule has 0 amide bonds. The van der Waals surface area contributed by atoms with Gasteiger partial charge >= 0.3 is 0 Å². The zero-order valence-electron chi connectivity index (χ0n) is 16.5. The summed E-state index contributed by atoms with van der Waals surface area (Å²) < 4.78 is 10.7. The van der Waals surface area contributed by atoms with E-state index in [0.29, 0.717) is 0 Å². The lowest BCUT2D eigenvalue weighted by molar-refractivity contribution is 0.0625. The maximum Gasteiger partial charge on any atom is 0.193 e. The molecule has 2 aliphatic rings. The molecular weight excluding hydrogens is 316 g/mol. The molecule has 0 aromatic rings. The molecule has 0 unspecified atom stereocenters. The van der Waals surface area contributed by atoms with Gasteiger partial charge in [-0.25, -0.2) is 0 Å². The van der Waals surface area contributed by atoms with E-state index >= 15 is 0 Å². The SMILES string of the molecule is CCNC(=NCCN(CCOC)C1CC1)N(C)CCC1CCOCC1. The van der Waals surface area contributed by atoms with Crippen molar-refractivity contribution in [1.29, 1.82) is 0 Å². The van der Waals surface area contributed by atoms with Crippen LogP contribution < -0.4 is 5.32 Å². The van der Waals surface area contributed by atoms with E-state index in [9.17, 15) is 0 Å². The molecule has 0 radical (unpaired) electrons. The molecule has 0 bridgehead atoms. The van der Waals surface area contributed by atoms with Crippen molar-refractivity contribution in [2.24, 2.45) is 10.9 Å². The van der Waals surface area contributed by atoms with Gasteiger partial charge in [0.15, 0.2) is 5.96 Å². The van der Waals surface area contributed by atoms with E-state index in [1.807, 2.05) is 0 Å². The summed E-state index contributed by atoms with van der Waals surface area (Å²) in [4.78, 5) is 9.67. The van der Waals surface area contributed by atoms with Gasteiger partial charge in [0.1, 0.15) is 0 Å². The second kappa shape index (κ2) is 11.7. The van der Waals surface area contributed by atoms with Crippen molar-refractivity contribution in [3.8, 4) is 0 Å². The molecule has 1 N–H and O–H groups in total. The van der Waals surface area contributed by atoms with E-state index in [1.54, 1.807) is 7.11 Å². The Bertz CT molecular complexity index is 382. The van der Waals surface area contributed by atoms with Gasteiger partial charge in [0.05, 0.1) is 13.2 Å². The summed E-state index contributed by atoms with van der Waals surface area (Å²) in [6.07, 6.45) is 6.30. The number of hydrogen-bond donors (Lipinski definition) is 1. The molecule has 0 spiro atoms. The zero-order chi connectivity index (χ0) is 17.9.